The van der Waals surface area contributed by atoms with Gasteiger partial charge in [-0.05, 0) is 25.9 Å². The predicted octanol–water partition coefficient (Wildman–Crippen LogP) is 3.95. The zero-order valence-corrected chi connectivity index (χ0v) is 14.9. The predicted molar refractivity (Wildman–Crippen MR) is 70.1 cm³/mol. The Bertz CT molecular complexity index is 235. The summed E-state index contributed by atoms with van der Waals surface area (Å²) in [5, 5.41) is 0. The van der Waals surface area contributed by atoms with Crippen molar-refractivity contribution >= 4 is 13.6 Å². The minimum absolute atomic E-state index is 1.04. The average Bonchev–Trinajstić information content (AvgIpc) is 2.34. The van der Waals surface area contributed by atoms with Gasteiger partial charge >= 0.3 is 30.0 Å². The molecule has 0 saturated heterocycles. The molecule has 0 atom stereocenters. The van der Waals surface area contributed by atoms with Gasteiger partial charge in [0.2, 0.25) is 0 Å². The van der Waals surface area contributed by atoms with E-state index in [1.807, 2.05) is 12.1 Å². The van der Waals surface area contributed by atoms with Crippen LogP contribution >= 0.6 is 13.6 Å². The van der Waals surface area contributed by atoms with Crippen molar-refractivity contribution < 1.29 is 16.3 Å². The van der Waals surface area contributed by atoms with Gasteiger partial charge in [-0.1, -0.05) is 13.8 Å². The van der Waals surface area contributed by atoms with Gasteiger partial charge in [0.1, 0.15) is 0 Å². The molecule has 0 fully saturated rings. The van der Waals surface area contributed by atoms with Crippen LogP contribution in [0.2, 0.25) is 0 Å². The molecule has 0 spiro atoms. The molecule has 0 aromatic heterocycles. The van der Waals surface area contributed by atoms with Crippen LogP contribution in [0.4, 0.5) is 0 Å². The van der Waals surface area contributed by atoms with E-state index < -0.39 is 0 Å². The number of hydrogen-bond donors (Lipinski definition) is 0. The summed E-state index contributed by atoms with van der Waals surface area (Å²) in [4.78, 5) is 2.49. The molecule has 1 rings (SSSR count). The molecule has 3 heteroatoms. The standard InChI is InChI=1S/C13H20N.BrH.Zn/c1-3-10-14(11-4-2)12-13-8-6-5-7-9-13;;/h5-8H,3-4,10-12H2,1-2H3;1H;/q-1;;+2/p-1. The molecule has 0 bridgehead atoms. The van der Waals surface area contributed by atoms with Gasteiger partial charge in [-0.25, -0.2) is 0 Å². The average molecular weight is 336 g/mol. The van der Waals surface area contributed by atoms with Gasteiger partial charge in [0, 0.05) is 6.54 Å². The van der Waals surface area contributed by atoms with Crippen LogP contribution in [0.5, 0.6) is 0 Å². The molecule has 86 valence electrons. The van der Waals surface area contributed by atoms with Gasteiger partial charge < -0.3 is 4.90 Å². The van der Waals surface area contributed by atoms with E-state index in [9.17, 15) is 0 Å². The van der Waals surface area contributed by atoms with Crippen molar-refractivity contribution in [1.82, 2.24) is 4.90 Å². The maximum absolute atomic E-state index is 3.27. The summed E-state index contributed by atoms with van der Waals surface area (Å²) in [6.45, 7) is 7.89. The fourth-order valence-electron chi connectivity index (χ4n) is 1.67. The molecule has 0 aliphatic heterocycles. The molecule has 0 unspecified atom stereocenters. The van der Waals surface area contributed by atoms with E-state index in [4.69, 9.17) is 0 Å². The number of benzene rings is 1. The Labute approximate surface area is 117 Å². The normalized spacial score (nSPS) is 9.88. The van der Waals surface area contributed by atoms with Crippen LogP contribution in [0.25, 0.3) is 0 Å². The third-order valence-corrected chi connectivity index (χ3v) is 2.25. The molecule has 0 saturated carbocycles. The molecule has 1 nitrogen and oxygen atoms in total. The summed E-state index contributed by atoms with van der Waals surface area (Å²) in [5.74, 6) is 0. The molecule has 1 aromatic rings. The molecule has 16 heavy (non-hydrogen) atoms. The first-order chi connectivity index (χ1) is 7.86. The van der Waals surface area contributed by atoms with Crippen molar-refractivity contribution in [2.45, 2.75) is 33.2 Å². The number of rotatable bonds is 6. The Kier molecular flexibility index (Phi) is 12.0. The fraction of sp³-hybridized carbons (Fsp3) is 0.538. The Morgan fingerprint density at radius 3 is 2.25 bits per heavy atom. The van der Waals surface area contributed by atoms with E-state index in [2.05, 4.69) is 50.6 Å². The van der Waals surface area contributed by atoms with Crippen LogP contribution in [-0.4, -0.2) is 18.0 Å². The Balaban J connectivity index is 0.00000106. The van der Waals surface area contributed by atoms with Crippen LogP contribution in [0.1, 0.15) is 32.3 Å². The van der Waals surface area contributed by atoms with Crippen molar-refractivity contribution in [2.24, 2.45) is 0 Å². The number of hydrogen-bond acceptors (Lipinski definition) is 1. The van der Waals surface area contributed by atoms with Crippen LogP contribution in [0, 0.1) is 6.07 Å². The third kappa shape index (κ3) is 7.54. The fourth-order valence-corrected chi connectivity index (χ4v) is 1.67. The van der Waals surface area contributed by atoms with Gasteiger partial charge in [0.05, 0.1) is 0 Å². The molecule has 0 radical (unpaired) electrons. The zero-order chi connectivity index (χ0) is 12.2. The first kappa shape index (κ1) is 16.3. The molecule has 0 N–H and O–H groups in total. The van der Waals surface area contributed by atoms with Crippen molar-refractivity contribution in [2.75, 3.05) is 13.1 Å². The minimum atomic E-state index is 1.04. The van der Waals surface area contributed by atoms with E-state index in [1.54, 1.807) is 0 Å². The van der Waals surface area contributed by atoms with E-state index >= 15 is 0 Å². The summed E-state index contributed by atoms with van der Waals surface area (Å²) in [6.07, 6.45) is 2.46. The number of halogens is 1. The second kappa shape index (κ2) is 11.8. The first-order valence-corrected chi connectivity index (χ1v) is 12.8. The molecule has 1 aromatic carbocycles. The third-order valence-electron chi connectivity index (χ3n) is 2.25. The molecular formula is C13H20BrNZn. The molecular weight excluding hydrogens is 315 g/mol. The summed E-state index contributed by atoms with van der Waals surface area (Å²) >= 11 is 4.25. The van der Waals surface area contributed by atoms with E-state index in [1.165, 1.54) is 47.8 Å². The zero-order valence-electron chi connectivity index (χ0n) is 10.4. The van der Waals surface area contributed by atoms with E-state index in [0.717, 1.165) is 6.54 Å². The SMILES string of the molecule is CCCN(CCC)Cc1[c-]cccc1.[Zn+][Br]. The summed E-state index contributed by atoms with van der Waals surface area (Å²) in [6, 6.07) is 11.5. The Morgan fingerprint density at radius 2 is 1.81 bits per heavy atom. The molecule has 0 heterocycles. The van der Waals surface area contributed by atoms with Crippen molar-refractivity contribution in [3.05, 3.63) is 35.9 Å². The molecule has 0 aliphatic rings. The van der Waals surface area contributed by atoms with Crippen LogP contribution in [-0.2, 0) is 22.9 Å². The second-order valence-electron chi connectivity index (χ2n) is 3.66. The van der Waals surface area contributed by atoms with Gasteiger partial charge in [-0.3, -0.25) is 0 Å². The summed E-state index contributed by atoms with van der Waals surface area (Å²) < 4.78 is 0. The van der Waals surface area contributed by atoms with Gasteiger partial charge in [0.25, 0.3) is 0 Å². The molecule has 0 aliphatic carbocycles. The van der Waals surface area contributed by atoms with Gasteiger partial charge in [0.15, 0.2) is 0 Å². The molecule has 0 amide bonds. The van der Waals surface area contributed by atoms with E-state index in [0.29, 0.717) is 0 Å². The van der Waals surface area contributed by atoms with Gasteiger partial charge in [-0.2, -0.15) is 30.3 Å². The van der Waals surface area contributed by atoms with Crippen molar-refractivity contribution in [3.8, 4) is 0 Å². The van der Waals surface area contributed by atoms with Crippen molar-refractivity contribution in [3.63, 3.8) is 0 Å². The number of nitrogens with zero attached hydrogens (tertiary/aromatic N) is 1. The van der Waals surface area contributed by atoms with E-state index in [-0.39, 0.29) is 0 Å². The maximum atomic E-state index is 3.27. The monoisotopic (exact) mass is 333 g/mol. The first-order valence-electron chi connectivity index (χ1n) is 5.81. The second-order valence-corrected chi connectivity index (χ2v) is 3.66. The van der Waals surface area contributed by atoms with Crippen LogP contribution in [0.3, 0.4) is 0 Å². The van der Waals surface area contributed by atoms with Crippen LogP contribution in [0.15, 0.2) is 24.3 Å². The van der Waals surface area contributed by atoms with Gasteiger partial charge in [-0.15, -0.1) is 5.56 Å². The van der Waals surface area contributed by atoms with Crippen LogP contribution < -0.4 is 0 Å². The Hall–Kier alpha value is 0.283. The summed E-state index contributed by atoms with van der Waals surface area (Å²) in [5.41, 5.74) is 1.30. The summed E-state index contributed by atoms with van der Waals surface area (Å²) in [7, 11) is 0. The topological polar surface area (TPSA) is 3.24 Å². The quantitative estimate of drug-likeness (QED) is 0.562. The van der Waals surface area contributed by atoms with Crippen molar-refractivity contribution in [1.29, 1.82) is 0 Å². The Morgan fingerprint density at radius 1 is 1.19 bits per heavy atom.